The van der Waals surface area contributed by atoms with E-state index in [-0.39, 0.29) is 5.92 Å². The minimum absolute atomic E-state index is 0.260. The maximum atomic E-state index is 10.2. The highest BCUT2D eigenvalue weighted by Crippen LogP contribution is 2.28. The average Bonchev–Trinajstić information content (AvgIpc) is 2.87. The topological polar surface area (TPSA) is 58.3 Å². The smallest absolute Gasteiger partial charge is 0.0857 e. The Hall–Kier alpha value is -0.870. The fourth-order valence-electron chi connectivity index (χ4n) is 2.90. The average molecular weight is 266 g/mol. The van der Waals surface area contributed by atoms with Crippen LogP contribution in [0.25, 0.3) is 0 Å². The predicted octanol–water partition coefficient (Wildman–Crippen LogP) is 2.31. The van der Waals surface area contributed by atoms with Crippen LogP contribution < -0.4 is 0 Å². The van der Waals surface area contributed by atoms with Crippen LogP contribution >= 0.6 is 0 Å². The van der Waals surface area contributed by atoms with Gasteiger partial charge in [-0.2, -0.15) is 5.10 Å². The molecule has 2 atom stereocenters. The van der Waals surface area contributed by atoms with E-state index in [1.807, 2.05) is 16.9 Å². The summed E-state index contributed by atoms with van der Waals surface area (Å²) in [5, 5.41) is 24.8. The third-order valence-corrected chi connectivity index (χ3v) is 4.14. The van der Waals surface area contributed by atoms with Crippen molar-refractivity contribution in [2.45, 2.75) is 70.6 Å². The minimum atomic E-state index is -0.696. The second-order valence-electron chi connectivity index (χ2n) is 6.04. The zero-order valence-electron chi connectivity index (χ0n) is 12.0. The Kier molecular flexibility index (Phi) is 4.99. The van der Waals surface area contributed by atoms with E-state index in [9.17, 15) is 10.2 Å². The standard InChI is InChI=1S/C15H26N2O2/c1-11(2)17-9-8-13(16-17)10-14(18)15(19)12-6-4-3-5-7-12/h8-9,11-12,14-15,18-19H,3-7,10H2,1-2H3. The molecule has 0 radical (unpaired) electrons. The number of hydrogen-bond donors (Lipinski definition) is 2. The van der Waals surface area contributed by atoms with Crippen molar-refractivity contribution in [1.82, 2.24) is 9.78 Å². The van der Waals surface area contributed by atoms with Gasteiger partial charge in [0, 0.05) is 18.7 Å². The number of aliphatic hydroxyl groups excluding tert-OH is 2. The molecule has 0 saturated heterocycles. The van der Waals surface area contributed by atoms with Crippen molar-refractivity contribution in [2.24, 2.45) is 5.92 Å². The Morgan fingerprint density at radius 3 is 2.53 bits per heavy atom. The van der Waals surface area contributed by atoms with Crippen LogP contribution in [-0.4, -0.2) is 32.2 Å². The minimum Gasteiger partial charge on any atom is -0.390 e. The maximum Gasteiger partial charge on any atom is 0.0857 e. The van der Waals surface area contributed by atoms with Crippen molar-refractivity contribution in [3.8, 4) is 0 Å². The summed E-state index contributed by atoms with van der Waals surface area (Å²) in [4.78, 5) is 0. The Morgan fingerprint density at radius 2 is 1.95 bits per heavy atom. The quantitative estimate of drug-likeness (QED) is 0.860. The van der Waals surface area contributed by atoms with E-state index >= 15 is 0 Å². The van der Waals surface area contributed by atoms with Crippen molar-refractivity contribution < 1.29 is 10.2 Å². The lowest BCUT2D eigenvalue weighted by atomic mass is 9.82. The number of aliphatic hydroxyl groups is 2. The Morgan fingerprint density at radius 1 is 1.26 bits per heavy atom. The summed E-state index contributed by atoms with van der Waals surface area (Å²) in [6.45, 7) is 4.15. The third kappa shape index (κ3) is 3.80. The molecule has 2 N–H and O–H groups in total. The van der Waals surface area contributed by atoms with Gasteiger partial charge in [-0.05, 0) is 38.7 Å². The lowest BCUT2D eigenvalue weighted by Crippen LogP contribution is -2.36. The fraction of sp³-hybridized carbons (Fsp3) is 0.800. The molecule has 4 nitrogen and oxygen atoms in total. The van der Waals surface area contributed by atoms with Gasteiger partial charge in [-0.3, -0.25) is 4.68 Å². The molecule has 1 saturated carbocycles. The summed E-state index contributed by atoms with van der Waals surface area (Å²) in [5.41, 5.74) is 0.857. The molecule has 1 fully saturated rings. The van der Waals surface area contributed by atoms with Crippen LogP contribution in [0.4, 0.5) is 0 Å². The molecule has 0 spiro atoms. The molecular weight excluding hydrogens is 240 g/mol. The summed E-state index contributed by atoms with van der Waals surface area (Å²) < 4.78 is 1.88. The van der Waals surface area contributed by atoms with E-state index in [4.69, 9.17) is 0 Å². The van der Waals surface area contributed by atoms with Crippen LogP contribution in [0.5, 0.6) is 0 Å². The van der Waals surface area contributed by atoms with Crippen LogP contribution in [-0.2, 0) is 6.42 Å². The highest BCUT2D eigenvalue weighted by molar-refractivity contribution is 5.02. The van der Waals surface area contributed by atoms with E-state index < -0.39 is 12.2 Å². The van der Waals surface area contributed by atoms with Crippen LogP contribution in [0.1, 0.15) is 57.7 Å². The van der Waals surface area contributed by atoms with Crippen molar-refractivity contribution >= 4 is 0 Å². The van der Waals surface area contributed by atoms with Gasteiger partial charge in [0.2, 0.25) is 0 Å². The van der Waals surface area contributed by atoms with Gasteiger partial charge in [-0.15, -0.1) is 0 Å². The Balaban J connectivity index is 1.89. The fourth-order valence-corrected chi connectivity index (χ4v) is 2.90. The number of nitrogens with zero attached hydrogens (tertiary/aromatic N) is 2. The van der Waals surface area contributed by atoms with Gasteiger partial charge < -0.3 is 10.2 Å². The molecule has 0 amide bonds. The summed E-state index contributed by atoms with van der Waals surface area (Å²) in [7, 11) is 0. The first-order chi connectivity index (χ1) is 9.08. The van der Waals surface area contributed by atoms with Gasteiger partial charge in [0.15, 0.2) is 0 Å². The first-order valence-electron chi connectivity index (χ1n) is 7.48. The molecule has 1 aliphatic rings. The van der Waals surface area contributed by atoms with Gasteiger partial charge in [-0.1, -0.05) is 19.3 Å². The van der Waals surface area contributed by atoms with Crippen LogP contribution in [0.3, 0.4) is 0 Å². The van der Waals surface area contributed by atoms with E-state index in [1.54, 1.807) is 0 Å². The lowest BCUT2D eigenvalue weighted by Gasteiger charge is -2.29. The molecule has 1 heterocycles. The molecule has 108 valence electrons. The molecule has 1 aromatic rings. The highest BCUT2D eigenvalue weighted by Gasteiger charge is 2.28. The molecule has 1 aromatic heterocycles. The summed E-state index contributed by atoms with van der Waals surface area (Å²) >= 11 is 0. The van der Waals surface area contributed by atoms with Crippen molar-refractivity contribution in [2.75, 3.05) is 0 Å². The zero-order chi connectivity index (χ0) is 13.8. The predicted molar refractivity (Wildman–Crippen MR) is 74.9 cm³/mol. The highest BCUT2D eigenvalue weighted by atomic mass is 16.3. The summed E-state index contributed by atoms with van der Waals surface area (Å²) in [6.07, 6.45) is 6.77. The van der Waals surface area contributed by atoms with Gasteiger partial charge in [0.1, 0.15) is 0 Å². The van der Waals surface area contributed by atoms with Crippen LogP contribution in [0.15, 0.2) is 12.3 Å². The number of hydrogen-bond acceptors (Lipinski definition) is 3. The van der Waals surface area contributed by atoms with Crippen LogP contribution in [0.2, 0.25) is 0 Å². The van der Waals surface area contributed by atoms with Crippen LogP contribution in [0, 0.1) is 5.92 Å². The molecule has 1 aliphatic carbocycles. The molecule has 2 rings (SSSR count). The first kappa shape index (κ1) is 14.5. The van der Waals surface area contributed by atoms with E-state index in [1.165, 1.54) is 19.3 Å². The van der Waals surface area contributed by atoms with E-state index in [2.05, 4.69) is 18.9 Å². The second-order valence-corrected chi connectivity index (χ2v) is 6.04. The molecule has 0 bridgehead atoms. The third-order valence-electron chi connectivity index (χ3n) is 4.14. The molecular formula is C15H26N2O2. The number of rotatable bonds is 5. The molecule has 19 heavy (non-hydrogen) atoms. The maximum absolute atomic E-state index is 10.2. The van der Waals surface area contributed by atoms with E-state index in [0.717, 1.165) is 18.5 Å². The second kappa shape index (κ2) is 6.53. The SMILES string of the molecule is CC(C)n1ccc(CC(O)C(O)C2CCCCC2)n1. The van der Waals surface area contributed by atoms with Crippen molar-refractivity contribution in [1.29, 1.82) is 0 Å². The number of aromatic nitrogens is 2. The Bertz CT molecular complexity index is 383. The van der Waals surface area contributed by atoms with Gasteiger partial charge in [-0.25, -0.2) is 0 Å². The molecule has 0 aliphatic heterocycles. The van der Waals surface area contributed by atoms with Gasteiger partial charge >= 0.3 is 0 Å². The molecule has 0 aromatic carbocycles. The molecule has 2 unspecified atom stereocenters. The molecule has 4 heteroatoms. The first-order valence-corrected chi connectivity index (χ1v) is 7.48. The zero-order valence-corrected chi connectivity index (χ0v) is 12.0. The largest absolute Gasteiger partial charge is 0.390 e. The van der Waals surface area contributed by atoms with Crippen molar-refractivity contribution in [3.05, 3.63) is 18.0 Å². The normalized spacial score (nSPS) is 20.7. The summed E-state index contributed by atoms with van der Waals surface area (Å²) in [5.74, 6) is 0.260. The van der Waals surface area contributed by atoms with Crippen molar-refractivity contribution in [3.63, 3.8) is 0 Å². The van der Waals surface area contributed by atoms with Gasteiger partial charge in [0.05, 0.1) is 17.9 Å². The monoisotopic (exact) mass is 266 g/mol. The van der Waals surface area contributed by atoms with Gasteiger partial charge in [0.25, 0.3) is 0 Å². The van der Waals surface area contributed by atoms with E-state index in [0.29, 0.717) is 12.5 Å². The summed E-state index contributed by atoms with van der Waals surface area (Å²) in [6, 6.07) is 2.26. The lowest BCUT2D eigenvalue weighted by molar-refractivity contribution is -0.0268. The Labute approximate surface area is 115 Å².